The van der Waals surface area contributed by atoms with Crippen LogP contribution in [0.15, 0.2) is 47.4 Å². The number of fused-ring (bicyclic) bond motifs is 1. The minimum Gasteiger partial charge on any atom is -0.340 e. The molecule has 23 heavy (non-hydrogen) atoms. The molecule has 2 fully saturated rings. The Morgan fingerprint density at radius 2 is 1.74 bits per heavy atom. The summed E-state index contributed by atoms with van der Waals surface area (Å²) in [6, 6.07) is 15.1. The number of benzene rings is 2. The van der Waals surface area contributed by atoms with Gasteiger partial charge in [0, 0.05) is 37.5 Å². The number of hydrogen-bond acceptors (Lipinski definition) is 3. The fourth-order valence-electron chi connectivity index (χ4n) is 3.10. The highest BCUT2D eigenvalue weighted by molar-refractivity contribution is 7.97. The second-order valence-electron chi connectivity index (χ2n) is 6.56. The Labute approximate surface area is 141 Å². The third-order valence-electron chi connectivity index (χ3n) is 4.71. The third-order valence-corrected chi connectivity index (χ3v) is 5.80. The van der Waals surface area contributed by atoms with Crippen molar-refractivity contribution in [2.45, 2.75) is 24.2 Å². The molecule has 3 nitrogen and oxygen atoms in total. The van der Waals surface area contributed by atoms with Crippen LogP contribution in [0, 0.1) is 5.92 Å². The summed E-state index contributed by atoms with van der Waals surface area (Å²) < 4.78 is 2.38. The molecule has 0 unspecified atom stereocenters. The van der Waals surface area contributed by atoms with Crippen molar-refractivity contribution in [2.24, 2.45) is 5.92 Å². The van der Waals surface area contributed by atoms with Gasteiger partial charge in [-0.3, -0.25) is 4.79 Å². The molecule has 0 aromatic heterocycles. The molecule has 1 aliphatic heterocycles. The topological polar surface area (TPSA) is 23.6 Å². The molecule has 4 rings (SSSR count). The van der Waals surface area contributed by atoms with Crippen LogP contribution < -0.4 is 0 Å². The van der Waals surface area contributed by atoms with Gasteiger partial charge in [0.05, 0.1) is 0 Å². The zero-order chi connectivity index (χ0) is 15.6. The molecule has 0 N–H and O–H groups in total. The van der Waals surface area contributed by atoms with Crippen LogP contribution in [0.5, 0.6) is 0 Å². The SMILES string of the molecule is O=C(CC1CC1)N1CCN(Sc2ccc3ccccc3c2)CC1. The Morgan fingerprint density at radius 1 is 1.00 bits per heavy atom. The molecule has 1 amide bonds. The molecule has 0 bridgehead atoms. The zero-order valence-electron chi connectivity index (χ0n) is 13.3. The highest BCUT2D eigenvalue weighted by atomic mass is 32.2. The standard InChI is InChI=1S/C19H22N2OS/c22-19(13-15-5-6-15)20-9-11-21(12-10-20)23-18-8-7-16-3-1-2-4-17(16)14-18/h1-4,7-8,14-15H,5-6,9-13H2. The molecule has 1 saturated heterocycles. The van der Waals surface area contributed by atoms with Crippen LogP contribution in [-0.2, 0) is 4.79 Å². The van der Waals surface area contributed by atoms with Gasteiger partial charge in [0.25, 0.3) is 0 Å². The van der Waals surface area contributed by atoms with E-state index in [1.807, 2.05) is 11.9 Å². The number of hydrogen-bond donors (Lipinski definition) is 0. The van der Waals surface area contributed by atoms with Crippen molar-refractivity contribution in [3.05, 3.63) is 42.5 Å². The molecule has 1 saturated carbocycles. The van der Waals surface area contributed by atoms with Crippen LogP contribution >= 0.6 is 11.9 Å². The lowest BCUT2D eigenvalue weighted by Crippen LogP contribution is -2.46. The Bertz CT molecular complexity index is 705. The van der Waals surface area contributed by atoms with E-state index in [0.717, 1.165) is 32.6 Å². The maximum atomic E-state index is 12.2. The van der Waals surface area contributed by atoms with Gasteiger partial charge >= 0.3 is 0 Å². The summed E-state index contributed by atoms with van der Waals surface area (Å²) >= 11 is 1.81. The Hall–Kier alpha value is -1.52. The third kappa shape index (κ3) is 3.70. The number of carbonyl (C=O) groups is 1. The van der Waals surface area contributed by atoms with Crippen molar-refractivity contribution < 1.29 is 4.79 Å². The highest BCUT2D eigenvalue weighted by Crippen LogP contribution is 2.33. The molecule has 1 aliphatic carbocycles. The van der Waals surface area contributed by atoms with E-state index in [-0.39, 0.29) is 0 Å². The number of piperazine rings is 1. The van der Waals surface area contributed by atoms with E-state index in [1.54, 1.807) is 0 Å². The fraction of sp³-hybridized carbons (Fsp3) is 0.421. The summed E-state index contributed by atoms with van der Waals surface area (Å²) in [6.45, 7) is 3.64. The van der Waals surface area contributed by atoms with E-state index in [1.165, 1.54) is 28.5 Å². The first-order valence-corrected chi connectivity index (χ1v) is 9.25. The minimum absolute atomic E-state index is 0.364. The van der Waals surface area contributed by atoms with E-state index in [4.69, 9.17) is 0 Å². The first-order chi connectivity index (χ1) is 11.3. The fourth-order valence-corrected chi connectivity index (χ4v) is 4.05. The van der Waals surface area contributed by atoms with Gasteiger partial charge in [0.2, 0.25) is 5.91 Å². The van der Waals surface area contributed by atoms with Gasteiger partial charge in [-0.2, -0.15) is 0 Å². The molecule has 2 aromatic carbocycles. The lowest BCUT2D eigenvalue weighted by atomic mass is 10.1. The molecule has 120 valence electrons. The molecule has 0 spiro atoms. The second-order valence-corrected chi connectivity index (χ2v) is 7.73. The van der Waals surface area contributed by atoms with Gasteiger partial charge in [0.1, 0.15) is 0 Å². The van der Waals surface area contributed by atoms with Gasteiger partial charge in [-0.05, 0) is 53.6 Å². The minimum atomic E-state index is 0.364. The number of nitrogens with zero attached hydrogens (tertiary/aromatic N) is 2. The van der Waals surface area contributed by atoms with Crippen molar-refractivity contribution in [1.82, 2.24) is 9.21 Å². The number of carbonyl (C=O) groups excluding carboxylic acids is 1. The zero-order valence-corrected chi connectivity index (χ0v) is 14.1. The average Bonchev–Trinajstić information content (AvgIpc) is 3.39. The molecule has 0 atom stereocenters. The van der Waals surface area contributed by atoms with Gasteiger partial charge in [-0.1, -0.05) is 30.3 Å². The molecule has 2 aromatic rings. The molecule has 4 heteroatoms. The molecule has 0 radical (unpaired) electrons. The molecule has 2 aliphatic rings. The maximum absolute atomic E-state index is 12.2. The summed E-state index contributed by atoms with van der Waals surface area (Å²) in [6.07, 6.45) is 3.28. The maximum Gasteiger partial charge on any atom is 0.222 e. The van der Waals surface area contributed by atoms with Crippen LogP contribution in [0.4, 0.5) is 0 Å². The van der Waals surface area contributed by atoms with Crippen molar-refractivity contribution in [2.75, 3.05) is 26.2 Å². The summed E-state index contributed by atoms with van der Waals surface area (Å²) in [4.78, 5) is 15.5. The van der Waals surface area contributed by atoms with Crippen molar-refractivity contribution in [1.29, 1.82) is 0 Å². The van der Waals surface area contributed by atoms with Crippen LogP contribution in [0.3, 0.4) is 0 Å². The summed E-state index contributed by atoms with van der Waals surface area (Å²) in [7, 11) is 0. The molecule has 1 heterocycles. The monoisotopic (exact) mass is 326 g/mol. The van der Waals surface area contributed by atoms with E-state index in [2.05, 4.69) is 51.7 Å². The molecular weight excluding hydrogens is 304 g/mol. The smallest absolute Gasteiger partial charge is 0.222 e. The van der Waals surface area contributed by atoms with Gasteiger partial charge < -0.3 is 4.90 Å². The Balaban J connectivity index is 1.33. The molecular formula is C19H22N2OS. The first-order valence-electron chi connectivity index (χ1n) is 8.47. The van der Waals surface area contributed by atoms with E-state index in [9.17, 15) is 4.79 Å². The van der Waals surface area contributed by atoms with Gasteiger partial charge in [-0.25, -0.2) is 4.31 Å². The lowest BCUT2D eigenvalue weighted by molar-refractivity contribution is -0.132. The van der Waals surface area contributed by atoms with Crippen LogP contribution in [0.2, 0.25) is 0 Å². The Morgan fingerprint density at radius 3 is 2.48 bits per heavy atom. The number of rotatable bonds is 4. The van der Waals surface area contributed by atoms with Gasteiger partial charge in [-0.15, -0.1) is 0 Å². The van der Waals surface area contributed by atoms with Gasteiger partial charge in [0.15, 0.2) is 0 Å². The normalized spacial score (nSPS) is 19.2. The average molecular weight is 326 g/mol. The van der Waals surface area contributed by atoms with E-state index < -0.39 is 0 Å². The van der Waals surface area contributed by atoms with Crippen LogP contribution in [-0.4, -0.2) is 41.3 Å². The van der Waals surface area contributed by atoms with Crippen LogP contribution in [0.1, 0.15) is 19.3 Å². The van der Waals surface area contributed by atoms with Crippen molar-refractivity contribution in [3.8, 4) is 0 Å². The van der Waals surface area contributed by atoms with Crippen LogP contribution in [0.25, 0.3) is 10.8 Å². The predicted molar refractivity (Wildman–Crippen MR) is 95.3 cm³/mol. The quantitative estimate of drug-likeness (QED) is 0.799. The highest BCUT2D eigenvalue weighted by Gasteiger charge is 2.28. The Kier molecular flexibility index (Phi) is 4.27. The number of amides is 1. The van der Waals surface area contributed by atoms with E-state index in [0.29, 0.717) is 11.8 Å². The second kappa shape index (κ2) is 6.54. The summed E-state index contributed by atoms with van der Waals surface area (Å²) in [5.74, 6) is 1.05. The predicted octanol–water partition coefficient (Wildman–Crippen LogP) is 3.79. The largest absolute Gasteiger partial charge is 0.340 e. The summed E-state index contributed by atoms with van der Waals surface area (Å²) in [5.41, 5.74) is 0. The first kappa shape index (κ1) is 15.0. The van der Waals surface area contributed by atoms with Crippen molar-refractivity contribution >= 4 is 28.6 Å². The van der Waals surface area contributed by atoms with E-state index >= 15 is 0 Å². The summed E-state index contributed by atoms with van der Waals surface area (Å²) in [5, 5.41) is 2.57. The van der Waals surface area contributed by atoms with Crippen molar-refractivity contribution in [3.63, 3.8) is 0 Å². The lowest BCUT2D eigenvalue weighted by Gasteiger charge is -2.34.